The Morgan fingerprint density at radius 1 is 1.00 bits per heavy atom. The van der Waals surface area contributed by atoms with Gasteiger partial charge in [-0.15, -0.1) is 0 Å². The summed E-state index contributed by atoms with van der Waals surface area (Å²) in [4.78, 5) is 0. The molecule has 0 saturated carbocycles. The van der Waals surface area contributed by atoms with E-state index in [4.69, 9.17) is 4.74 Å². The second-order valence-corrected chi connectivity index (χ2v) is 3.90. The van der Waals surface area contributed by atoms with Gasteiger partial charge in [-0.2, -0.15) is 0 Å². The van der Waals surface area contributed by atoms with Crippen molar-refractivity contribution in [3.8, 4) is 11.5 Å². The van der Waals surface area contributed by atoms with Gasteiger partial charge in [0.1, 0.15) is 17.3 Å². The van der Waals surface area contributed by atoms with Crippen molar-refractivity contribution in [1.29, 1.82) is 0 Å². The lowest BCUT2D eigenvalue weighted by Gasteiger charge is -2.06. The lowest BCUT2D eigenvalue weighted by Crippen LogP contribution is -1.88. The van der Waals surface area contributed by atoms with E-state index in [1.54, 1.807) is 0 Å². The summed E-state index contributed by atoms with van der Waals surface area (Å²) in [5, 5.41) is 0.607. The molecule has 0 amide bonds. The van der Waals surface area contributed by atoms with Crippen LogP contribution in [0.25, 0.3) is 0 Å². The molecular weight excluding hydrogens is 271 g/mol. The molecule has 1 nitrogen and oxygen atoms in total. The van der Waals surface area contributed by atoms with Gasteiger partial charge < -0.3 is 4.74 Å². The Bertz CT molecular complexity index is 471. The van der Waals surface area contributed by atoms with E-state index in [1.807, 2.05) is 36.4 Å². The van der Waals surface area contributed by atoms with Crippen LogP contribution in [0, 0.1) is 5.82 Å². The zero-order chi connectivity index (χ0) is 11.4. The quantitative estimate of drug-likeness (QED) is 0.752. The average Bonchev–Trinajstić information content (AvgIpc) is 2.29. The molecule has 2 aromatic rings. The first-order valence-electron chi connectivity index (χ1n) is 4.86. The van der Waals surface area contributed by atoms with E-state index in [9.17, 15) is 4.39 Å². The molecule has 0 fully saturated rings. The van der Waals surface area contributed by atoms with Crippen molar-refractivity contribution in [2.24, 2.45) is 0 Å². The third kappa shape index (κ3) is 2.83. The van der Waals surface area contributed by atoms with Crippen LogP contribution in [0.2, 0.25) is 0 Å². The van der Waals surface area contributed by atoms with Crippen molar-refractivity contribution in [2.45, 2.75) is 5.33 Å². The molecule has 0 radical (unpaired) electrons. The van der Waals surface area contributed by atoms with E-state index < -0.39 is 0 Å². The Morgan fingerprint density at radius 3 is 2.44 bits per heavy atom. The van der Waals surface area contributed by atoms with Gasteiger partial charge in [0.25, 0.3) is 0 Å². The van der Waals surface area contributed by atoms with Crippen LogP contribution in [0.4, 0.5) is 4.39 Å². The Kier molecular flexibility index (Phi) is 3.57. The summed E-state index contributed by atoms with van der Waals surface area (Å²) in [6, 6.07) is 14.0. The first-order valence-corrected chi connectivity index (χ1v) is 5.98. The van der Waals surface area contributed by atoms with Gasteiger partial charge in [-0.3, -0.25) is 0 Å². The molecule has 0 aromatic heterocycles. The number of para-hydroxylation sites is 1. The highest BCUT2D eigenvalue weighted by Crippen LogP contribution is 2.24. The van der Waals surface area contributed by atoms with Gasteiger partial charge in [0.05, 0.1) is 0 Å². The Labute approximate surface area is 102 Å². The fourth-order valence-corrected chi connectivity index (χ4v) is 1.71. The molecule has 3 heteroatoms. The number of ether oxygens (including phenoxy) is 1. The van der Waals surface area contributed by atoms with Gasteiger partial charge in [0.15, 0.2) is 0 Å². The van der Waals surface area contributed by atoms with Crippen molar-refractivity contribution in [1.82, 2.24) is 0 Å². The fourth-order valence-electron chi connectivity index (χ4n) is 1.38. The smallest absolute Gasteiger partial charge is 0.130 e. The van der Waals surface area contributed by atoms with Crippen molar-refractivity contribution < 1.29 is 9.13 Å². The first kappa shape index (κ1) is 11.1. The maximum Gasteiger partial charge on any atom is 0.130 e. The van der Waals surface area contributed by atoms with Crippen LogP contribution < -0.4 is 4.74 Å². The van der Waals surface area contributed by atoms with Crippen LogP contribution in [0.5, 0.6) is 11.5 Å². The zero-order valence-electron chi connectivity index (χ0n) is 8.49. The highest BCUT2D eigenvalue weighted by molar-refractivity contribution is 9.08. The molecule has 0 heterocycles. The molecule has 0 bridgehead atoms. The number of alkyl halides is 1. The van der Waals surface area contributed by atoms with Crippen LogP contribution in [0.1, 0.15) is 5.56 Å². The topological polar surface area (TPSA) is 9.23 Å². The van der Waals surface area contributed by atoms with Crippen molar-refractivity contribution in [3.05, 3.63) is 59.9 Å². The maximum absolute atomic E-state index is 13.2. The predicted octanol–water partition coefficient (Wildman–Crippen LogP) is 4.51. The number of benzene rings is 2. The fraction of sp³-hybridized carbons (Fsp3) is 0.0769. The second kappa shape index (κ2) is 5.12. The Balaban J connectivity index is 2.24. The maximum atomic E-state index is 13.2. The number of halogens is 2. The summed E-state index contributed by atoms with van der Waals surface area (Å²) in [5.74, 6) is 0.928. The van der Waals surface area contributed by atoms with Gasteiger partial charge in [-0.1, -0.05) is 34.1 Å². The summed E-state index contributed by atoms with van der Waals surface area (Å²) in [6.45, 7) is 0. The summed E-state index contributed by atoms with van der Waals surface area (Å²) < 4.78 is 18.8. The molecule has 0 atom stereocenters. The number of rotatable bonds is 3. The Hall–Kier alpha value is -1.35. The van der Waals surface area contributed by atoms with Gasteiger partial charge in [-0.05, 0) is 29.8 Å². The monoisotopic (exact) mass is 280 g/mol. The molecule has 0 aliphatic carbocycles. The summed E-state index contributed by atoms with van der Waals surface area (Å²) in [5.41, 5.74) is 0.853. The summed E-state index contributed by atoms with van der Waals surface area (Å²) in [6.07, 6.45) is 0. The normalized spacial score (nSPS) is 10.1. The van der Waals surface area contributed by atoms with Crippen molar-refractivity contribution >= 4 is 15.9 Å². The van der Waals surface area contributed by atoms with E-state index in [0.717, 1.165) is 5.56 Å². The van der Waals surface area contributed by atoms with Crippen LogP contribution in [-0.2, 0) is 5.33 Å². The van der Waals surface area contributed by atoms with E-state index in [0.29, 0.717) is 16.8 Å². The van der Waals surface area contributed by atoms with Crippen molar-refractivity contribution in [3.63, 3.8) is 0 Å². The predicted molar refractivity (Wildman–Crippen MR) is 65.5 cm³/mol. The molecule has 82 valence electrons. The lowest BCUT2D eigenvalue weighted by atomic mass is 10.2. The minimum Gasteiger partial charge on any atom is -0.457 e. The summed E-state index contributed by atoms with van der Waals surface area (Å²) in [7, 11) is 0. The van der Waals surface area contributed by atoms with Crippen molar-refractivity contribution in [2.75, 3.05) is 0 Å². The average molecular weight is 281 g/mol. The van der Waals surface area contributed by atoms with Gasteiger partial charge >= 0.3 is 0 Å². The van der Waals surface area contributed by atoms with Crippen LogP contribution in [-0.4, -0.2) is 0 Å². The zero-order valence-corrected chi connectivity index (χ0v) is 10.1. The molecule has 0 unspecified atom stereocenters. The van der Waals surface area contributed by atoms with Gasteiger partial charge in [0, 0.05) is 11.4 Å². The standard InChI is InChI=1S/C13H10BrFO/c14-9-10-6-11(15)8-13(7-10)16-12-4-2-1-3-5-12/h1-8H,9H2. The van der Waals surface area contributed by atoms with Gasteiger partial charge in [0.2, 0.25) is 0 Å². The SMILES string of the molecule is Fc1cc(CBr)cc(Oc2ccccc2)c1. The minimum atomic E-state index is -0.289. The van der Waals surface area contributed by atoms with Gasteiger partial charge in [-0.25, -0.2) is 4.39 Å². The lowest BCUT2D eigenvalue weighted by molar-refractivity contribution is 0.476. The molecule has 2 rings (SSSR count). The van der Waals surface area contributed by atoms with Crippen LogP contribution in [0.15, 0.2) is 48.5 Å². The molecule has 0 saturated heterocycles. The van der Waals surface area contributed by atoms with E-state index in [2.05, 4.69) is 15.9 Å². The third-order valence-corrected chi connectivity index (χ3v) is 2.71. The third-order valence-electron chi connectivity index (χ3n) is 2.06. The highest BCUT2D eigenvalue weighted by Gasteiger charge is 2.02. The van der Waals surface area contributed by atoms with Crippen LogP contribution in [0.3, 0.4) is 0 Å². The first-order chi connectivity index (χ1) is 7.78. The second-order valence-electron chi connectivity index (χ2n) is 3.34. The van der Waals surface area contributed by atoms with E-state index >= 15 is 0 Å². The largest absolute Gasteiger partial charge is 0.457 e. The number of hydrogen-bond acceptors (Lipinski definition) is 1. The molecule has 0 spiro atoms. The van der Waals surface area contributed by atoms with E-state index in [1.165, 1.54) is 12.1 Å². The summed E-state index contributed by atoms with van der Waals surface area (Å²) >= 11 is 3.29. The minimum absolute atomic E-state index is 0.289. The molecule has 2 aromatic carbocycles. The highest BCUT2D eigenvalue weighted by atomic mass is 79.9. The molecule has 0 aliphatic heterocycles. The van der Waals surface area contributed by atoms with Crippen LogP contribution >= 0.6 is 15.9 Å². The van der Waals surface area contributed by atoms with E-state index in [-0.39, 0.29) is 5.82 Å². The molecule has 0 aliphatic rings. The molecular formula is C13H10BrFO. The Morgan fingerprint density at radius 2 is 1.75 bits per heavy atom. The number of hydrogen-bond donors (Lipinski definition) is 0. The molecule has 16 heavy (non-hydrogen) atoms. The molecule has 0 N–H and O–H groups in total.